The number of aliphatic hydroxyl groups excluding tert-OH is 1. The van der Waals surface area contributed by atoms with Gasteiger partial charge >= 0.3 is 12.3 Å². The van der Waals surface area contributed by atoms with E-state index in [1.807, 2.05) is 30.3 Å². The molecule has 0 aromatic heterocycles. The first-order valence-electron chi connectivity index (χ1n) is 11.0. The molecule has 2 aromatic carbocycles. The molecule has 0 spiro atoms. The van der Waals surface area contributed by atoms with Crippen LogP contribution in [0.15, 0.2) is 54.6 Å². The van der Waals surface area contributed by atoms with Crippen LogP contribution in [0.1, 0.15) is 57.3 Å². The molecule has 5 nitrogen and oxygen atoms in total. The molecule has 180 valence electrons. The molecule has 0 aliphatic carbocycles. The number of alkyl halides is 3. The fourth-order valence-corrected chi connectivity index (χ4v) is 3.85. The number of rotatable bonds is 5. The Balaban J connectivity index is 1.82. The molecule has 3 atom stereocenters. The molecular weight excluding hydrogens is 435 g/mol. The Kier molecular flexibility index (Phi) is 7.57. The number of ether oxygens (including phenoxy) is 2. The van der Waals surface area contributed by atoms with Crippen molar-refractivity contribution >= 4 is 6.09 Å². The third-order valence-electron chi connectivity index (χ3n) is 5.43. The lowest BCUT2D eigenvalue weighted by Gasteiger charge is -2.40. The highest BCUT2D eigenvalue weighted by atomic mass is 19.4. The van der Waals surface area contributed by atoms with Crippen LogP contribution >= 0.6 is 0 Å². The van der Waals surface area contributed by atoms with Gasteiger partial charge in [0.1, 0.15) is 17.5 Å². The maximum Gasteiger partial charge on any atom is 0.416 e. The van der Waals surface area contributed by atoms with Crippen molar-refractivity contribution < 1.29 is 32.5 Å². The van der Waals surface area contributed by atoms with Gasteiger partial charge in [0.25, 0.3) is 0 Å². The van der Waals surface area contributed by atoms with Crippen molar-refractivity contribution in [3.05, 3.63) is 65.7 Å². The number of hydrogen-bond acceptors (Lipinski definition) is 4. The van der Waals surface area contributed by atoms with Gasteiger partial charge in [0.05, 0.1) is 18.2 Å². The van der Waals surface area contributed by atoms with Crippen molar-refractivity contribution in [1.29, 1.82) is 0 Å². The lowest BCUT2D eigenvalue weighted by molar-refractivity contribution is -0.137. The normalized spacial score (nSPS) is 20.3. The van der Waals surface area contributed by atoms with Gasteiger partial charge in [0, 0.05) is 12.5 Å². The number of halogens is 3. The summed E-state index contributed by atoms with van der Waals surface area (Å²) in [5.74, 6) is 0.302. The SMILES string of the molecule is CC(C)(C)OC(=O)N1CC(O)CCC1C[C@H](Oc1ccc(C(F)(F)F)cc1)c1ccccc1. The van der Waals surface area contributed by atoms with Gasteiger partial charge in [-0.15, -0.1) is 0 Å². The molecule has 2 unspecified atom stereocenters. The Morgan fingerprint density at radius 3 is 2.27 bits per heavy atom. The van der Waals surface area contributed by atoms with Crippen LogP contribution in [0.4, 0.5) is 18.0 Å². The van der Waals surface area contributed by atoms with E-state index in [0.29, 0.717) is 25.0 Å². The minimum Gasteiger partial charge on any atom is -0.486 e. The van der Waals surface area contributed by atoms with E-state index in [-0.39, 0.29) is 12.6 Å². The molecule has 1 aliphatic rings. The largest absolute Gasteiger partial charge is 0.486 e. The van der Waals surface area contributed by atoms with Crippen molar-refractivity contribution in [1.82, 2.24) is 4.90 Å². The summed E-state index contributed by atoms with van der Waals surface area (Å²) in [7, 11) is 0. The standard InChI is InChI=1S/C25H30F3NO4/c1-24(2,3)33-23(31)29-16-20(30)12-11-19(29)15-22(17-7-5-4-6-8-17)32-21-13-9-18(10-14-21)25(26,27)28/h4-10,13-14,19-20,22,30H,11-12,15-16H2,1-3H3/t19?,20?,22-/m0/s1. The number of nitrogens with zero attached hydrogens (tertiary/aromatic N) is 1. The van der Waals surface area contributed by atoms with E-state index in [1.54, 1.807) is 20.8 Å². The van der Waals surface area contributed by atoms with Crippen LogP contribution in [-0.2, 0) is 10.9 Å². The van der Waals surface area contributed by atoms with E-state index in [9.17, 15) is 23.1 Å². The molecular formula is C25H30F3NO4. The summed E-state index contributed by atoms with van der Waals surface area (Å²) >= 11 is 0. The fraction of sp³-hybridized carbons (Fsp3) is 0.480. The second kappa shape index (κ2) is 10.0. The van der Waals surface area contributed by atoms with E-state index in [0.717, 1.165) is 17.7 Å². The maximum atomic E-state index is 12.9. The van der Waals surface area contributed by atoms with Crippen LogP contribution in [0.5, 0.6) is 5.75 Å². The smallest absolute Gasteiger partial charge is 0.416 e. The lowest BCUT2D eigenvalue weighted by atomic mass is 9.93. The average molecular weight is 466 g/mol. The van der Waals surface area contributed by atoms with Crippen molar-refractivity contribution in [2.24, 2.45) is 0 Å². The molecule has 0 saturated carbocycles. The summed E-state index contributed by atoms with van der Waals surface area (Å²) < 4.78 is 50.4. The van der Waals surface area contributed by atoms with Crippen molar-refractivity contribution in [3.8, 4) is 5.75 Å². The summed E-state index contributed by atoms with van der Waals surface area (Å²) in [6.45, 7) is 5.49. The third-order valence-corrected chi connectivity index (χ3v) is 5.43. The molecule has 1 saturated heterocycles. The number of β-amino-alcohol motifs (C(OH)–C–C–N with tert-alkyl or cyclic N) is 1. The van der Waals surface area contributed by atoms with E-state index >= 15 is 0 Å². The number of likely N-dealkylation sites (tertiary alicyclic amines) is 1. The molecule has 1 N–H and O–H groups in total. The molecule has 1 amide bonds. The molecule has 3 rings (SSSR count). The minimum atomic E-state index is -4.42. The quantitative estimate of drug-likeness (QED) is 0.591. The Morgan fingerprint density at radius 2 is 1.70 bits per heavy atom. The Labute approximate surface area is 192 Å². The topological polar surface area (TPSA) is 59.0 Å². The number of carbonyl (C=O) groups excluding carboxylic acids is 1. The first-order valence-corrected chi connectivity index (χ1v) is 11.0. The number of aliphatic hydroxyl groups is 1. The first kappa shape index (κ1) is 24.9. The Hall–Kier alpha value is -2.74. The van der Waals surface area contributed by atoms with Crippen LogP contribution < -0.4 is 4.74 Å². The van der Waals surface area contributed by atoms with Crippen LogP contribution in [0.2, 0.25) is 0 Å². The van der Waals surface area contributed by atoms with E-state index in [4.69, 9.17) is 9.47 Å². The first-order chi connectivity index (χ1) is 15.4. The van der Waals surface area contributed by atoms with Crippen LogP contribution in [0.25, 0.3) is 0 Å². The molecule has 1 heterocycles. The highest BCUT2D eigenvalue weighted by molar-refractivity contribution is 5.68. The molecule has 1 aliphatic heterocycles. The maximum absolute atomic E-state index is 12.9. The van der Waals surface area contributed by atoms with Crippen LogP contribution in [0.3, 0.4) is 0 Å². The fourth-order valence-electron chi connectivity index (χ4n) is 3.85. The summed E-state index contributed by atoms with van der Waals surface area (Å²) in [6.07, 6.45) is -4.59. The van der Waals surface area contributed by atoms with Crippen molar-refractivity contribution in [3.63, 3.8) is 0 Å². The van der Waals surface area contributed by atoms with E-state index in [2.05, 4.69) is 0 Å². The molecule has 0 radical (unpaired) electrons. The van der Waals surface area contributed by atoms with Gasteiger partial charge in [-0.1, -0.05) is 30.3 Å². The monoisotopic (exact) mass is 465 g/mol. The zero-order chi connectivity index (χ0) is 24.2. The second-order valence-corrected chi connectivity index (χ2v) is 9.29. The summed E-state index contributed by atoms with van der Waals surface area (Å²) in [5, 5.41) is 10.2. The Morgan fingerprint density at radius 1 is 1.06 bits per heavy atom. The average Bonchev–Trinajstić information content (AvgIpc) is 2.73. The van der Waals surface area contributed by atoms with E-state index < -0.39 is 35.6 Å². The number of carbonyl (C=O) groups is 1. The molecule has 0 bridgehead atoms. The van der Waals surface area contributed by atoms with Crippen LogP contribution in [0, 0.1) is 0 Å². The van der Waals surface area contributed by atoms with Gasteiger partial charge in [-0.05, 0) is 63.4 Å². The molecule has 8 heteroatoms. The predicted octanol–water partition coefficient (Wildman–Crippen LogP) is 5.98. The zero-order valence-electron chi connectivity index (χ0n) is 19.0. The summed E-state index contributed by atoms with van der Waals surface area (Å²) in [5.41, 5.74) is -0.587. The number of amides is 1. The van der Waals surface area contributed by atoms with Gasteiger partial charge < -0.3 is 19.5 Å². The van der Waals surface area contributed by atoms with Crippen molar-refractivity contribution in [2.45, 2.75) is 70.1 Å². The lowest BCUT2D eigenvalue weighted by Crippen LogP contribution is -2.51. The summed E-state index contributed by atoms with van der Waals surface area (Å²) in [6, 6.07) is 13.6. The summed E-state index contributed by atoms with van der Waals surface area (Å²) in [4.78, 5) is 14.4. The van der Waals surface area contributed by atoms with Crippen molar-refractivity contribution in [2.75, 3.05) is 6.54 Å². The number of hydrogen-bond donors (Lipinski definition) is 1. The molecule has 1 fully saturated rings. The predicted molar refractivity (Wildman–Crippen MR) is 118 cm³/mol. The van der Waals surface area contributed by atoms with E-state index in [1.165, 1.54) is 17.0 Å². The molecule has 33 heavy (non-hydrogen) atoms. The second-order valence-electron chi connectivity index (χ2n) is 9.29. The van der Waals surface area contributed by atoms with Gasteiger partial charge in [-0.25, -0.2) is 4.79 Å². The number of piperidine rings is 1. The number of benzene rings is 2. The minimum absolute atomic E-state index is 0.154. The Bertz CT molecular complexity index is 910. The van der Waals surface area contributed by atoms with Gasteiger partial charge in [-0.3, -0.25) is 0 Å². The van der Waals surface area contributed by atoms with Gasteiger partial charge in [0.15, 0.2) is 0 Å². The highest BCUT2D eigenvalue weighted by Gasteiger charge is 2.36. The highest BCUT2D eigenvalue weighted by Crippen LogP contribution is 2.34. The van der Waals surface area contributed by atoms with Gasteiger partial charge in [-0.2, -0.15) is 13.2 Å². The zero-order valence-corrected chi connectivity index (χ0v) is 19.0. The molecule has 2 aromatic rings. The van der Waals surface area contributed by atoms with Crippen LogP contribution in [-0.4, -0.2) is 40.4 Å². The van der Waals surface area contributed by atoms with Gasteiger partial charge in [0.2, 0.25) is 0 Å². The third kappa shape index (κ3) is 7.12.